The van der Waals surface area contributed by atoms with Gasteiger partial charge in [0, 0.05) is 11.1 Å². The Morgan fingerprint density at radius 2 is 1.75 bits per heavy atom. The minimum absolute atomic E-state index is 0.240. The van der Waals surface area contributed by atoms with E-state index in [-0.39, 0.29) is 5.57 Å². The molecule has 0 unspecified atom stereocenters. The van der Waals surface area contributed by atoms with Crippen LogP contribution in [-0.4, -0.2) is 26.0 Å². The SMILES string of the molecule is COc1ccccc1C=CC1=C(C(Cl)(Cl)Cl)C=NNN1C(Cl)(Cl)Cl. The number of hydrazone groups is 1. The first-order valence-corrected chi connectivity index (χ1v) is 8.69. The van der Waals surface area contributed by atoms with Crippen molar-refractivity contribution >= 4 is 81.9 Å². The molecule has 0 spiro atoms. The van der Waals surface area contributed by atoms with Crippen molar-refractivity contribution in [2.24, 2.45) is 5.10 Å². The molecule has 1 N–H and O–H groups in total. The largest absolute Gasteiger partial charge is 0.496 e. The Labute approximate surface area is 169 Å². The van der Waals surface area contributed by atoms with E-state index in [0.29, 0.717) is 11.4 Å². The highest BCUT2D eigenvalue weighted by Gasteiger charge is 2.38. The standard InChI is InChI=1S/C14H11Cl6N3O/c1-24-12-5-3-2-4-9(12)6-7-11-10(13(15,16)17)8-21-22-23(11)14(18,19)20/h2-8,22H,1H3. The molecule has 0 aromatic heterocycles. The molecule has 0 bridgehead atoms. The molecule has 0 saturated carbocycles. The van der Waals surface area contributed by atoms with Crippen LogP contribution in [0.1, 0.15) is 5.56 Å². The number of halogens is 6. The fourth-order valence-electron chi connectivity index (χ4n) is 1.94. The van der Waals surface area contributed by atoms with Gasteiger partial charge in [-0.1, -0.05) is 87.8 Å². The summed E-state index contributed by atoms with van der Waals surface area (Å²) in [6.07, 6.45) is 4.73. The number of hydrogen-bond donors (Lipinski definition) is 1. The number of hydrogen-bond acceptors (Lipinski definition) is 4. The Bertz CT molecular complexity index is 690. The average Bonchev–Trinajstić information content (AvgIpc) is 2.51. The van der Waals surface area contributed by atoms with Gasteiger partial charge >= 0.3 is 0 Å². The van der Waals surface area contributed by atoms with Crippen LogP contribution in [0.3, 0.4) is 0 Å². The second-order valence-electron chi connectivity index (χ2n) is 4.53. The molecule has 1 aliphatic heterocycles. The Kier molecular flexibility index (Phi) is 6.46. The number of nitrogens with zero attached hydrogens (tertiary/aromatic N) is 2. The van der Waals surface area contributed by atoms with Crippen LogP contribution in [0.25, 0.3) is 6.08 Å². The predicted molar refractivity (Wildman–Crippen MR) is 103 cm³/mol. The number of para-hydroxylation sites is 1. The molecule has 0 atom stereocenters. The summed E-state index contributed by atoms with van der Waals surface area (Å²) in [6.45, 7) is 0. The first kappa shape index (κ1) is 19.8. The van der Waals surface area contributed by atoms with Crippen molar-refractivity contribution < 1.29 is 4.74 Å². The number of benzene rings is 1. The lowest BCUT2D eigenvalue weighted by Gasteiger charge is -2.35. The average molecular weight is 450 g/mol. The lowest BCUT2D eigenvalue weighted by molar-refractivity contribution is 0.254. The van der Waals surface area contributed by atoms with Crippen molar-refractivity contribution in [3.8, 4) is 5.75 Å². The number of ether oxygens (including phenoxy) is 1. The van der Waals surface area contributed by atoms with E-state index in [9.17, 15) is 0 Å². The van der Waals surface area contributed by atoms with Gasteiger partial charge in [0.2, 0.25) is 3.79 Å². The molecule has 1 aromatic rings. The Hall–Kier alpha value is -0.490. The van der Waals surface area contributed by atoms with E-state index in [2.05, 4.69) is 10.6 Å². The number of alkyl halides is 6. The third-order valence-electron chi connectivity index (χ3n) is 2.99. The van der Waals surface area contributed by atoms with Crippen LogP contribution in [0.4, 0.5) is 0 Å². The highest BCUT2D eigenvalue weighted by molar-refractivity contribution is 6.71. The van der Waals surface area contributed by atoms with E-state index < -0.39 is 7.71 Å². The zero-order valence-electron chi connectivity index (χ0n) is 12.1. The Morgan fingerprint density at radius 3 is 2.33 bits per heavy atom. The molecule has 0 aliphatic carbocycles. The van der Waals surface area contributed by atoms with Gasteiger partial charge in [-0.25, -0.2) is 10.5 Å². The van der Waals surface area contributed by atoms with Gasteiger partial charge < -0.3 is 4.74 Å². The summed E-state index contributed by atoms with van der Waals surface area (Å²) in [7, 11) is 1.57. The zero-order chi connectivity index (χ0) is 18.0. The van der Waals surface area contributed by atoms with Gasteiger partial charge in [-0.3, -0.25) is 0 Å². The summed E-state index contributed by atoms with van der Waals surface area (Å²) >= 11 is 35.9. The number of rotatable bonds is 3. The molecule has 2 rings (SSSR count). The lowest BCUT2D eigenvalue weighted by atomic mass is 10.1. The van der Waals surface area contributed by atoms with Crippen LogP contribution < -0.4 is 10.3 Å². The maximum absolute atomic E-state index is 6.00. The molecule has 1 aromatic carbocycles. The van der Waals surface area contributed by atoms with Crippen LogP contribution in [-0.2, 0) is 0 Å². The Balaban J connectivity index is 2.52. The quantitative estimate of drug-likeness (QED) is 0.491. The minimum Gasteiger partial charge on any atom is -0.496 e. The van der Waals surface area contributed by atoms with Gasteiger partial charge in [-0.15, -0.1) is 0 Å². The minimum atomic E-state index is -1.86. The normalized spacial score (nSPS) is 15.9. The van der Waals surface area contributed by atoms with Crippen LogP contribution in [0.2, 0.25) is 0 Å². The van der Waals surface area contributed by atoms with E-state index in [4.69, 9.17) is 74.3 Å². The number of methoxy groups -OCH3 is 1. The summed E-state index contributed by atoms with van der Waals surface area (Å²) < 4.78 is 1.67. The van der Waals surface area contributed by atoms with E-state index in [1.54, 1.807) is 19.3 Å². The van der Waals surface area contributed by atoms with Crippen LogP contribution in [0.15, 0.2) is 46.7 Å². The maximum atomic E-state index is 6.00. The highest BCUT2D eigenvalue weighted by atomic mass is 35.6. The van der Waals surface area contributed by atoms with Crippen LogP contribution in [0, 0.1) is 0 Å². The molecule has 24 heavy (non-hydrogen) atoms. The molecule has 0 saturated heterocycles. The van der Waals surface area contributed by atoms with Gasteiger partial charge in [0.15, 0.2) is 0 Å². The summed E-state index contributed by atoms with van der Waals surface area (Å²) in [4.78, 5) is 0. The van der Waals surface area contributed by atoms with Gasteiger partial charge in [0.1, 0.15) is 5.75 Å². The van der Waals surface area contributed by atoms with Crippen LogP contribution in [0.5, 0.6) is 5.75 Å². The summed E-state index contributed by atoms with van der Waals surface area (Å²) in [5, 5.41) is 4.99. The van der Waals surface area contributed by atoms with Gasteiger partial charge in [-0.2, -0.15) is 5.10 Å². The van der Waals surface area contributed by atoms with E-state index >= 15 is 0 Å². The summed E-state index contributed by atoms with van der Waals surface area (Å²) in [6, 6.07) is 7.39. The van der Waals surface area contributed by atoms with Gasteiger partial charge in [-0.05, 0) is 18.2 Å². The van der Waals surface area contributed by atoms with Crippen molar-refractivity contribution in [3.63, 3.8) is 0 Å². The first-order valence-electron chi connectivity index (χ1n) is 6.43. The molecular formula is C14H11Cl6N3O. The fourth-order valence-corrected chi connectivity index (χ4v) is 2.76. The van der Waals surface area contributed by atoms with Crippen molar-refractivity contribution in [2.75, 3.05) is 7.11 Å². The van der Waals surface area contributed by atoms with Crippen molar-refractivity contribution in [2.45, 2.75) is 7.71 Å². The maximum Gasteiger partial charge on any atom is 0.286 e. The molecule has 0 radical (unpaired) electrons. The summed E-state index contributed by atoms with van der Waals surface area (Å²) in [5.41, 5.74) is 3.93. The second kappa shape index (κ2) is 7.81. The fraction of sp³-hybridized carbons (Fsp3) is 0.214. The molecule has 1 aliphatic rings. The molecule has 1 heterocycles. The smallest absolute Gasteiger partial charge is 0.286 e. The lowest BCUT2D eigenvalue weighted by Crippen LogP contribution is -2.46. The predicted octanol–water partition coefficient (Wildman–Crippen LogP) is 5.47. The molecule has 10 heteroatoms. The molecule has 0 amide bonds. The van der Waals surface area contributed by atoms with Gasteiger partial charge in [0.05, 0.1) is 19.0 Å². The van der Waals surface area contributed by atoms with Crippen LogP contribution >= 0.6 is 69.6 Å². The molecule has 130 valence electrons. The van der Waals surface area contributed by atoms with Gasteiger partial charge in [0.25, 0.3) is 3.92 Å². The highest BCUT2D eigenvalue weighted by Crippen LogP contribution is 2.41. The second-order valence-corrected chi connectivity index (χ2v) is 9.04. The third-order valence-corrected chi connectivity index (χ3v) is 4.10. The van der Waals surface area contributed by atoms with Crippen molar-refractivity contribution in [1.29, 1.82) is 0 Å². The number of hydrazine groups is 1. The van der Waals surface area contributed by atoms with Crippen molar-refractivity contribution in [3.05, 3.63) is 47.2 Å². The topological polar surface area (TPSA) is 36.9 Å². The summed E-state index contributed by atoms with van der Waals surface area (Å²) in [5.74, 6) is 0.669. The van der Waals surface area contributed by atoms with E-state index in [0.717, 1.165) is 10.6 Å². The monoisotopic (exact) mass is 447 g/mol. The molecule has 0 fully saturated rings. The first-order chi connectivity index (χ1) is 11.1. The number of allylic oxidation sites excluding steroid dienone is 2. The van der Waals surface area contributed by atoms with E-state index in [1.807, 2.05) is 24.3 Å². The molecular weight excluding hydrogens is 439 g/mol. The van der Waals surface area contributed by atoms with E-state index in [1.165, 1.54) is 6.21 Å². The third kappa shape index (κ3) is 4.78. The Morgan fingerprint density at radius 1 is 1.08 bits per heavy atom. The molecule has 4 nitrogen and oxygen atoms in total. The zero-order valence-corrected chi connectivity index (χ0v) is 16.6. The van der Waals surface area contributed by atoms with Crippen molar-refractivity contribution in [1.82, 2.24) is 10.5 Å². The number of nitrogens with one attached hydrogen (secondary N) is 1.